The molecule has 2 aromatic rings. The predicted molar refractivity (Wildman–Crippen MR) is 124 cm³/mol. The zero-order chi connectivity index (χ0) is 21.2. The molecule has 0 bridgehead atoms. The highest BCUT2D eigenvalue weighted by atomic mass is 127. The molecule has 30 heavy (non-hydrogen) atoms. The Morgan fingerprint density at radius 2 is 1.80 bits per heavy atom. The summed E-state index contributed by atoms with van der Waals surface area (Å²) < 4.78 is 32.2. The van der Waals surface area contributed by atoms with Gasteiger partial charge in [0.25, 0.3) is 0 Å². The number of aliphatic imine (C=N–C) groups is 1. The standard InChI is InChI=1S/C21H26F2N4O2.HI/c1-27(2)20(28)14-26-21(25-13-15-4-7-18(29-3)8-5-15)24-11-10-16-12-17(22)6-9-19(16)23;/h4-9,12H,10-11,13-14H2,1-3H3,(H2,24,25,26);1H. The van der Waals surface area contributed by atoms with Crippen molar-refractivity contribution in [3.63, 3.8) is 0 Å². The van der Waals surface area contributed by atoms with Crippen molar-refractivity contribution in [3.05, 3.63) is 65.2 Å². The Hall–Kier alpha value is -2.43. The second-order valence-corrected chi connectivity index (χ2v) is 6.57. The number of rotatable bonds is 8. The van der Waals surface area contributed by atoms with Gasteiger partial charge >= 0.3 is 0 Å². The van der Waals surface area contributed by atoms with Crippen molar-refractivity contribution in [3.8, 4) is 5.75 Å². The maximum Gasteiger partial charge on any atom is 0.241 e. The lowest BCUT2D eigenvalue weighted by molar-refractivity contribution is -0.127. The molecule has 0 saturated heterocycles. The molecule has 0 unspecified atom stereocenters. The number of likely N-dealkylation sites (N-methyl/N-ethyl adjacent to an activating group) is 1. The maximum absolute atomic E-state index is 13.8. The topological polar surface area (TPSA) is 66.0 Å². The van der Waals surface area contributed by atoms with Gasteiger partial charge in [0.2, 0.25) is 5.91 Å². The summed E-state index contributed by atoms with van der Waals surface area (Å²) in [6, 6.07) is 10.8. The van der Waals surface area contributed by atoms with E-state index in [2.05, 4.69) is 15.6 Å². The predicted octanol–water partition coefficient (Wildman–Crippen LogP) is 2.96. The molecular weight excluding hydrogens is 505 g/mol. The van der Waals surface area contributed by atoms with Crippen LogP contribution in [0.3, 0.4) is 0 Å². The average molecular weight is 532 g/mol. The average Bonchev–Trinajstić information content (AvgIpc) is 2.72. The minimum Gasteiger partial charge on any atom is -0.497 e. The molecule has 2 aromatic carbocycles. The molecule has 0 atom stereocenters. The fourth-order valence-electron chi connectivity index (χ4n) is 2.44. The molecule has 1 amide bonds. The van der Waals surface area contributed by atoms with Gasteiger partial charge in [-0.3, -0.25) is 4.79 Å². The SMILES string of the molecule is COc1ccc(CN=C(NCCc2cc(F)ccc2F)NCC(=O)N(C)C)cc1.I. The van der Waals surface area contributed by atoms with E-state index < -0.39 is 11.6 Å². The molecule has 0 radical (unpaired) electrons. The summed E-state index contributed by atoms with van der Waals surface area (Å²) in [5.74, 6) is 0.112. The molecule has 0 heterocycles. The molecule has 9 heteroatoms. The number of carbonyl (C=O) groups excluding carboxylic acids is 1. The first-order valence-electron chi connectivity index (χ1n) is 9.18. The van der Waals surface area contributed by atoms with E-state index in [-0.39, 0.29) is 48.4 Å². The van der Waals surface area contributed by atoms with Gasteiger partial charge in [-0.25, -0.2) is 13.8 Å². The van der Waals surface area contributed by atoms with Crippen LogP contribution >= 0.6 is 24.0 Å². The molecule has 0 aliphatic heterocycles. The van der Waals surface area contributed by atoms with Crippen LogP contribution in [0.5, 0.6) is 5.75 Å². The van der Waals surface area contributed by atoms with E-state index in [0.29, 0.717) is 19.0 Å². The van der Waals surface area contributed by atoms with Crippen molar-refractivity contribution >= 4 is 35.8 Å². The third-order valence-corrected chi connectivity index (χ3v) is 4.18. The Balaban J connectivity index is 0.00000450. The normalized spacial score (nSPS) is 10.8. The van der Waals surface area contributed by atoms with Crippen molar-refractivity contribution in [1.82, 2.24) is 15.5 Å². The number of methoxy groups -OCH3 is 1. The fraction of sp³-hybridized carbons (Fsp3) is 0.333. The van der Waals surface area contributed by atoms with Crippen LogP contribution in [-0.2, 0) is 17.8 Å². The van der Waals surface area contributed by atoms with Crippen molar-refractivity contribution in [2.45, 2.75) is 13.0 Å². The number of carbonyl (C=O) groups is 1. The molecule has 0 aliphatic carbocycles. The van der Waals surface area contributed by atoms with Gasteiger partial charge in [0.15, 0.2) is 5.96 Å². The van der Waals surface area contributed by atoms with E-state index in [0.717, 1.165) is 23.4 Å². The van der Waals surface area contributed by atoms with Gasteiger partial charge in [0.1, 0.15) is 17.4 Å². The van der Waals surface area contributed by atoms with Crippen LogP contribution in [0.2, 0.25) is 0 Å². The Kier molecular flexibility index (Phi) is 11.1. The van der Waals surface area contributed by atoms with Crippen LogP contribution in [0.15, 0.2) is 47.5 Å². The van der Waals surface area contributed by atoms with Gasteiger partial charge in [-0.05, 0) is 47.9 Å². The minimum atomic E-state index is -0.482. The second kappa shape index (κ2) is 13.0. The highest BCUT2D eigenvalue weighted by Gasteiger charge is 2.08. The number of halogens is 3. The van der Waals surface area contributed by atoms with Crippen LogP contribution in [0.25, 0.3) is 0 Å². The molecule has 2 rings (SSSR count). The lowest BCUT2D eigenvalue weighted by atomic mass is 10.1. The highest BCUT2D eigenvalue weighted by molar-refractivity contribution is 14.0. The monoisotopic (exact) mass is 532 g/mol. The zero-order valence-corrected chi connectivity index (χ0v) is 19.6. The molecule has 6 nitrogen and oxygen atoms in total. The van der Waals surface area contributed by atoms with Gasteiger partial charge in [-0.15, -0.1) is 24.0 Å². The van der Waals surface area contributed by atoms with Crippen molar-refractivity contribution < 1.29 is 18.3 Å². The van der Waals surface area contributed by atoms with Gasteiger partial charge in [-0.1, -0.05) is 12.1 Å². The van der Waals surface area contributed by atoms with E-state index in [1.54, 1.807) is 21.2 Å². The lowest BCUT2D eigenvalue weighted by Crippen LogP contribution is -2.43. The molecule has 164 valence electrons. The van der Waals surface area contributed by atoms with Gasteiger partial charge in [0.05, 0.1) is 20.2 Å². The minimum absolute atomic E-state index is 0. The van der Waals surface area contributed by atoms with E-state index >= 15 is 0 Å². The number of amides is 1. The van der Waals surface area contributed by atoms with Crippen LogP contribution < -0.4 is 15.4 Å². The summed E-state index contributed by atoms with van der Waals surface area (Å²) in [7, 11) is 4.93. The molecule has 0 spiro atoms. The van der Waals surface area contributed by atoms with E-state index in [1.165, 1.54) is 11.0 Å². The van der Waals surface area contributed by atoms with Crippen molar-refractivity contribution in [2.24, 2.45) is 4.99 Å². The number of nitrogens with one attached hydrogen (secondary N) is 2. The molecular formula is C21H27F2IN4O2. The third-order valence-electron chi connectivity index (χ3n) is 4.18. The van der Waals surface area contributed by atoms with Crippen LogP contribution in [0.4, 0.5) is 8.78 Å². The first-order valence-corrected chi connectivity index (χ1v) is 9.18. The van der Waals surface area contributed by atoms with Crippen molar-refractivity contribution in [1.29, 1.82) is 0 Å². The molecule has 0 aromatic heterocycles. The summed E-state index contributed by atoms with van der Waals surface area (Å²) in [6.45, 7) is 0.768. The van der Waals surface area contributed by atoms with Gasteiger partial charge in [0, 0.05) is 20.6 Å². The van der Waals surface area contributed by atoms with E-state index in [1.807, 2.05) is 24.3 Å². The maximum atomic E-state index is 13.8. The second-order valence-electron chi connectivity index (χ2n) is 6.57. The molecule has 0 saturated carbocycles. The quantitative estimate of drug-likeness (QED) is 0.312. The highest BCUT2D eigenvalue weighted by Crippen LogP contribution is 2.12. The number of nitrogens with zero attached hydrogens (tertiary/aromatic N) is 2. The summed E-state index contributed by atoms with van der Waals surface area (Å²) in [5.41, 5.74) is 1.23. The summed E-state index contributed by atoms with van der Waals surface area (Å²) in [5, 5.41) is 6.02. The first kappa shape index (κ1) is 25.6. The van der Waals surface area contributed by atoms with Gasteiger partial charge < -0.3 is 20.3 Å². The summed E-state index contributed by atoms with van der Waals surface area (Å²) in [4.78, 5) is 17.8. The Morgan fingerprint density at radius 1 is 1.10 bits per heavy atom. The van der Waals surface area contributed by atoms with Crippen LogP contribution in [0.1, 0.15) is 11.1 Å². The number of hydrogen-bond donors (Lipinski definition) is 2. The lowest BCUT2D eigenvalue weighted by Gasteiger charge is -2.15. The summed E-state index contributed by atoms with van der Waals surface area (Å²) in [6.07, 6.45) is 0.272. The summed E-state index contributed by atoms with van der Waals surface area (Å²) >= 11 is 0. The molecule has 2 N–H and O–H groups in total. The Labute approximate surface area is 192 Å². The van der Waals surface area contributed by atoms with Crippen LogP contribution in [-0.4, -0.2) is 51.1 Å². The Bertz CT molecular complexity index is 845. The third kappa shape index (κ3) is 8.52. The molecule has 0 aliphatic rings. The van der Waals surface area contributed by atoms with E-state index in [9.17, 15) is 13.6 Å². The fourth-order valence-corrected chi connectivity index (χ4v) is 2.44. The Morgan fingerprint density at radius 3 is 2.43 bits per heavy atom. The molecule has 0 fully saturated rings. The van der Waals surface area contributed by atoms with Crippen LogP contribution in [0, 0.1) is 11.6 Å². The number of benzene rings is 2. The zero-order valence-electron chi connectivity index (χ0n) is 17.2. The van der Waals surface area contributed by atoms with Crippen molar-refractivity contribution in [2.75, 3.05) is 34.3 Å². The first-order chi connectivity index (χ1) is 13.9. The largest absolute Gasteiger partial charge is 0.497 e. The van der Waals surface area contributed by atoms with Gasteiger partial charge in [-0.2, -0.15) is 0 Å². The number of ether oxygens (including phenoxy) is 1. The van der Waals surface area contributed by atoms with E-state index in [4.69, 9.17) is 4.74 Å². The number of hydrogen-bond acceptors (Lipinski definition) is 3. The smallest absolute Gasteiger partial charge is 0.241 e. The number of guanidine groups is 1.